The Labute approximate surface area is 153 Å². The lowest BCUT2D eigenvalue weighted by atomic mass is 10.1. The molecule has 1 atom stereocenters. The number of ether oxygens (including phenoxy) is 1. The minimum atomic E-state index is -0.161. The molecule has 136 valence electrons. The number of pyridine rings is 1. The first-order chi connectivity index (χ1) is 12.6. The van der Waals surface area contributed by atoms with Crippen LogP contribution in [0.5, 0.6) is 5.88 Å². The van der Waals surface area contributed by atoms with E-state index in [0.717, 1.165) is 24.2 Å². The summed E-state index contributed by atoms with van der Waals surface area (Å²) in [5, 5.41) is 2.95. The molecule has 1 fully saturated rings. The van der Waals surface area contributed by atoms with Gasteiger partial charge in [0.2, 0.25) is 11.8 Å². The smallest absolute Gasteiger partial charge is 0.251 e. The van der Waals surface area contributed by atoms with Crippen LogP contribution < -0.4 is 10.1 Å². The topological polar surface area (TPSA) is 71.5 Å². The number of nitrogens with one attached hydrogen (secondary N) is 1. The minimum absolute atomic E-state index is 0.108. The molecule has 6 nitrogen and oxygen atoms in total. The van der Waals surface area contributed by atoms with Gasteiger partial charge in [0.25, 0.3) is 5.91 Å². The summed E-state index contributed by atoms with van der Waals surface area (Å²) < 4.78 is 5.14. The molecule has 0 unspecified atom stereocenters. The van der Waals surface area contributed by atoms with Crippen molar-refractivity contribution in [1.29, 1.82) is 0 Å². The first-order valence-corrected chi connectivity index (χ1v) is 8.81. The number of rotatable bonds is 6. The second-order valence-electron chi connectivity index (χ2n) is 6.36. The SMILES string of the molecule is CCCN1C[C@@H](NC(=O)c2ccc(-c3cccc(OC)n3)cc2)CC1=O. The largest absolute Gasteiger partial charge is 0.481 e. The Bertz CT molecular complexity index is 789. The highest BCUT2D eigenvalue weighted by Crippen LogP contribution is 2.20. The van der Waals surface area contributed by atoms with Crippen molar-refractivity contribution in [1.82, 2.24) is 15.2 Å². The number of amides is 2. The van der Waals surface area contributed by atoms with Gasteiger partial charge in [-0.15, -0.1) is 0 Å². The van der Waals surface area contributed by atoms with Gasteiger partial charge in [0, 0.05) is 36.7 Å². The van der Waals surface area contributed by atoms with Crippen LogP contribution in [0.2, 0.25) is 0 Å². The Balaban J connectivity index is 1.65. The summed E-state index contributed by atoms with van der Waals surface area (Å²) in [5.41, 5.74) is 2.26. The van der Waals surface area contributed by atoms with E-state index >= 15 is 0 Å². The molecule has 2 aromatic rings. The zero-order valence-electron chi connectivity index (χ0n) is 15.1. The van der Waals surface area contributed by atoms with Crippen molar-refractivity contribution in [2.75, 3.05) is 20.2 Å². The summed E-state index contributed by atoms with van der Waals surface area (Å²) in [6, 6.07) is 12.7. The first-order valence-electron chi connectivity index (χ1n) is 8.81. The quantitative estimate of drug-likeness (QED) is 0.866. The molecule has 1 aromatic heterocycles. The van der Waals surface area contributed by atoms with Crippen molar-refractivity contribution in [2.45, 2.75) is 25.8 Å². The molecular weight excluding hydrogens is 330 g/mol. The Morgan fingerprint density at radius 3 is 2.73 bits per heavy atom. The molecule has 0 spiro atoms. The second-order valence-corrected chi connectivity index (χ2v) is 6.36. The predicted octanol–water partition coefficient (Wildman–Crippen LogP) is 2.50. The molecule has 1 N–H and O–H groups in total. The summed E-state index contributed by atoms with van der Waals surface area (Å²) in [6.45, 7) is 3.37. The standard InChI is InChI=1S/C20H23N3O3/c1-3-11-23-13-16(12-19(23)24)21-20(25)15-9-7-14(8-10-15)17-5-4-6-18(22-17)26-2/h4-10,16H,3,11-13H2,1-2H3,(H,21,25)/t16-/m0/s1. The molecule has 3 rings (SSSR count). The summed E-state index contributed by atoms with van der Waals surface area (Å²) in [6.07, 6.45) is 1.30. The van der Waals surface area contributed by atoms with Gasteiger partial charge in [0.15, 0.2) is 0 Å². The van der Waals surface area contributed by atoms with Crippen LogP contribution in [0.1, 0.15) is 30.1 Å². The number of nitrogens with zero attached hydrogens (tertiary/aromatic N) is 2. The number of carbonyl (C=O) groups excluding carboxylic acids is 2. The second kappa shape index (κ2) is 7.99. The molecule has 0 bridgehead atoms. The molecule has 0 saturated carbocycles. The van der Waals surface area contributed by atoms with Crippen molar-refractivity contribution >= 4 is 11.8 Å². The number of hydrogen-bond acceptors (Lipinski definition) is 4. The van der Waals surface area contributed by atoms with Gasteiger partial charge in [-0.2, -0.15) is 0 Å². The predicted molar refractivity (Wildman–Crippen MR) is 99.0 cm³/mol. The highest BCUT2D eigenvalue weighted by atomic mass is 16.5. The third-order valence-electron chi connectivity index (χ3n) is 4.42. The van der Waals surface area contributed by atoms with Crippen molar-refractivity contribution in [3.05, 3.63) is 48.0 Å². The van der Waals surface area contributed by atoms with Gasteiger partial charge < -0.3 is 15.0 Å². The average molecular weight is 353 g/mol. The Kier molecular flexibility index (Phi) is 5.51. The van der Waals surface area contributed by atoms with Crippen LogP contribution in [0.4, 0.5) is 0 Å². The van der Waals surface area contributed by atoms with Crippen LogP contribution in [0.25, 0.3) is 11.3 Å². The fourth-order valence-electron chi connectivity index (χ4n) is 3.11. The Hall–Kier alpha value is -2.89. The zero-order chi connectivity index (χ0) is 18.5. The first kappa shape index (κ1) is 17.9. The van der Waals surface area contributed by atoms with Crippen LogP contribution in [-0.4, -0.2) is 47.9 Å². The van der Waals surface area contributed by atoms with Crippen LogP contribution in [0.15, 0.2) is 42.5 Å². The highest BCUT2D eigenvalue weighted by Gasteiger charge is 2.29. The molecule has 6 heteroatoms. The van der Waals surface area contributed by atoms with E-state index in [2.05, 4.69) is 10.3 Å². The molecule has 0 aliphatic carbocycles. The van der Waals surface area contributed by atoms with E-state index in [1.165, 1.54) is 0 Å². The third kappa shape index (κ3) is 4.02. The van der Waals surface area contributed by atoms with E-state index < -0.39 is 0 Å². The van der Waals surface area contributed by atoms with Crippen molar-refractivity contribution in [3.63, 3.8) is 0 Å². The molecule has 26 heavy (non-hydrogen) atoms. The van der Waals surface area contributed by atoms with Gasteiger partial charge in [-0.1, -0.05) is 25.1 Å². The van der Waals surface area contributed by atoms with Crippen molar-refractivity contribution < 1.29 is 14.3 Å². The maximum absolute atomic E-state index is 12.4. The number of benzene rings is 1. The van der Waals surface area contributed by atoms with Gasteiger partial charge in [0.1, 0.15) is 0 Å². The van der Waals surface area contributed by atoms with Gasteiger partial charge in [0.05, 0.1) is 18.8 Å². The van der Waals surface area contributed by atoms with E-state index in [1.54, 1.807) is 25.3 Å². The van der Waals surface area contributed by atoms with E-state index in [9.17, 15) is 9.59 Å². The summed E-state index contributed by atoms with van der Waals surface area (Å²) in [4.78, 5) is 30.5. The van der Waals surface area contributed by atoms with E-state index in [0.29, 0.717) is 24.4 Å². The molecule has 2 heterocycles. The van der Waals surface area contributed by atoms with Crippen LogP contribution >= 0.6 is 0 Å². The van der Waals surface area contributed by atoms with E-state index in [4.69, 9.17) is 4.74 Å². The van der Waals surface area contributed by atoms with Gasteiger partial charge >= 0.3 is 0 Å². The maximum Gasteiger partial charge on any atom is 0.251 e. The number of methoxy groups -OCH3 is 1. The molecule has 1 aliphatic heterocycles. The molecule has 2 amide bonds. The molecule has 0 radical (unpaired) electrons. The fraction of sp³-hybridized carbons (Fsp3) is 0.350. The number of aromatic nitrogens is 1. The zero-order valence-corrected chi connectivity index (χ0v) is 15.1. The lowest BCUT2D eigenvalue weighted by molar-refractivity contribution is -0.127. The van der Waals surface area contributed by atoms with Crippen molar-refractivity contribution in [2.24, 2.45) is 0 Å². The van der Waals surface area contributed by atoms with E-state index in [-0.39, 0.29) is 17.9 Å². The van der Waals surface area contributed by atoms with Gasteiger partial charge in [-0.25, -0.2) is 4.98 Å². The monoisotopic (exact) mass is 353 g/mol. The minimum Gasteiger partial charge on any atom is -0.481 e. The number of likely N-dealkylation sites (tertiary alicyclic amines) is 1. The molecule has 1 aromatic carbocycles. The van der Waals surface area contributed by atoms with E-state index in [1.807, 2.05) is 36.1 Å². The Morgan fingerprint density at radius 2 is 2.04 bits per heavy atom. The lowest BCUT2D eigenvalue weighted by Gasteiger charge is -2.16. The third-order valence-corrected chi connectivity index (χ3v) is 4.42. The van der Waals surface area contributed by atoms with Gasteiger partial charge in [-0.3, -0.25) is 9.59 Å². The highest BCUT2D eigenvalue weighted by molar-refractivity contribution is 5.95. The Morgan fingerprint density at radius 1 is 1.27 bits per heavy atom. The van der Waals surface area contributed by atoms with Gasteiger partial charge in [-0.05, 0) is 24.6 Å². The average Bonchev–Trinajstić information content (AvgIpc) is 3.01. The maximum atomic E-state index is 12.4. The number of hydrogen-bond donors (Lipinski definition) is 1. The fourth-order valence-corrected chi connectivity index (χ4v) is 3.11. The summed E-state index contributed by atoms with van der Waals surface area (Å²) >= 11 is 0. The van der Waals surface area contributed by atoms with Crippen LogP contribution in [0.3, 0.4) is 0 Å². The molecule has 1 saturated heterocycles. The molecule has 1 aliphatic rings. The summed E-state index contributed by atoms with van der Waals surface area (Å²) in [7, 11) is 1.58. The summed E-state index contributed by atoms with van der Waals surface area (Å²) in [5.74, 6) is 0.495. The normalized spacial score (nSPS) is 16.6. The van der Waals surface area contributed by atoms with Crippen LogP contribution in [0, 0.1) is 0 Å². The lowest BCUT2D eigenvalue weighted by Crippen LogP contribution is -2.37. The van der Waals surface area contributed by atoms with Crippen LogP contribution in [-0.2, 0) is 4.79 Å². The van der Waals surface area contributed by atoms with Crippen molar-refractivity contribution in [3.8, 4) is 17.1 Å². The molecular formula is C20H23N3O3. The number of carbonyl (C=O) groups is 2.